The fraction of sp³-hybridized carbons (Fsp3) is 0.409. The smallest absolute Gasteiger partial charge is 0.226 e. The Bertz CT molecular complexity index is 646. The molecule has 0 aliphatic carbocycles. The Hall–Kier alpha value is -1.36. The largest absolute Gasteiger partial charge is 0.331 e. The van der Waals surface area contributed by atoms with Crippen LogP contribution in [0.25, 0.3) is 0 Å². The molecule has 3 rings (SSSR count). The Morgan fingerprint density at radius 2 is 1.52 bits per heavy atom. The summed E-state index contributed by atoms with van der Waals surface area (Å²) in [5.41, 5.74) is 2.39. The highest BCUT2D eigenvalue weighted by Gasteiger charge is 2.43. The first-order chi connectivity index (χ1) is 12.1. The predicted molar refractivity (Wildman–Crippen MR) is 112 cm³/mol. The van der Waals surface area contributed by atoms with Gasteiger partial charge in [-0.05, 0) is 29.4 Å². The SMILES string of the molecule is CC(C)C[C@H]1C(=O)N(C(c2ccccc2)c2ccccc2)C[C@@H]1CI. The molecule has 1 saturated heterocycles. The lowest BCUT2D eigenvalue weighted by Crippen LogP contribution is -2.32. The predicted octanol–water partition coefficient (Wildman–Crippen LogP) is 5.33. The van der Waals surface area contributed by atoms with Crippen LogP contribution in [0.5, 0.6) is 0 Å². The van der Waals surface area contributed by atoms with Gasteiger partial charge in [0, 0.05) is 16.9 Å². The summed E-state index contributed by atoms with van der Waals surface area (Å²) in [5.74, 6) is 1.48. The molecular weight excluding hydrogens is 421 g/mol. The molecule has 0 unspecified atom stereocenters. The molecule has 2 aromatic carbocycles. The van der Waals surface area contributed by atoms with E-state index < -0.39 is 0 Å². The molecule has 25 heavy (non-hydrogen) atoms. The second kappa shape index (κ2) is 8.35. The summed E-state index contributed by atoms with van der Waals surface area (Å²) in [4.78, 5) is 15.4. The third kappa shape index (κ3) is 4.08. The number of carbonyl (C=O) groups is 1. The first kappa shape index (κ1) is 18.4. The Labute approximate surface area is 164 Å². The van der Waals surface area contributed by atoms with Crippen molar-refractivity contribution in [2.45, 2.75) is 26.3 Å². The molecule has 0 spiro atoms. The van der Waals surface area contributed by atoms with Crippen LogP contribution in [0, 0.1) is 17.8 Å². The Kier molecular flexibility index (Phi) is 6.15. The maximum absolute atomic E-state index is 13.3. The molecule has 0 N–H and O–H groups in total. The quantitative estimate of drug-likeness (QED) is 0.433. The molecule has 1 heterocycles. The highest BCUT2D eigenvalue weighted by atomic mass is 127. The molecule has 1 fully saturated rings. The zero-order valence-corrected chi connectivity index (χ0v) is 17.1. The summed E-state index contributed by atoms with van der Waals surface area (Å²) in [6, 6.07) is 20.9. The van der Waals surface area contributed by atoms with Gasteiger partial charge in [0.2, 0.25) is 5.91 Å². The van der Waals surface area contributed by atoms with Crippen molar-refractivity contribution in [1.29, 1.82) is 0 Å². The maximum Gasteiger partial charge on any atom is 0.226 e. The number of amides is 1. The van der Waals surface area contributed by atoms with Crippen molar-refractivity contribution >= 4 is 28.5 Å². The maximum atomic E-state index is 13.3. The molecule has 1 aliphatic heterocycles. The van der Waals surface area contributed by atoms with Gasteiger partial charge in [-0.1, -0.05) is 97.1 Å². The highest BCUT2D eigenvalue weighted by Crippen LogP contribution is 2.39. The summed E-state index contributed by atoms with van der Waals surface area (Å²) in [7, 11) is 0. The first-order valence-electron chi connectivity index (χ1n) is 9.08. The van der Waals surface area contributed by atoms with Crippen LogP contribution in [-0.2, 0) is 4.79 Å². The van der Waals surface area contributed by atoms with Gasteiger partial charge in [0.1, 0.15) is 0 Å². The van der Waals surface area contributed by atoms with Crippen LogP contribution < -0.4 is 0 Å². The van der Waals surface area contributed by atoms with E-state index in [0.717, 1.165) is 17.4 Å². The van der Waals surface area contributed by atoms with Crippen LogP contribution in [0.4, 0.5) is 0 Å². The molecule has 132 valence electrons. The van der Waals surface area contributed by atoms with Gasteiger partial charge in [0.25, 0.3) is 0 Å². The number of carbonyl (C=O) groups excluding carboxylic acids is 1. The van der Waals surface area contributed by atoms with Crippen LogP contribution in [0.3, 0.4) is 0 Å². The highest BCUT2D eigenvalue weighted by molar-refractivity contribution is 14.1. The van der Waals surface area contributed by atoms with Crippen molar-refractivity contribution in [2.24, 2.45) is 17.8 Å². The van der Waals surface area contributed by atoms with Gasteiger partial charge in [-0.2, -0.15) is 0 Å². The van der Waals surface area contributed by atoms with Gasteiger partial charge in [0.15, 0.2) is 0 Å². The van der Waals surface area contributed by atoms with Crippen molar-refractivity contribution in [3.63, 3.8) is 0 Å². The van der Waals surface area contributed by atoms with E-state index in [1.165, 1.54) is 11.1 Å². The van der Waals surface area contributed by atoms with Gasteiger partial charge >= 0.3 is 0 Å². The number of hydrogen-bond donors (Lipinski definition) is 0. The number of nitrogens with zero attached hydrogens (tertiary/aromatic N) is 1. The van der Waals surface area contributed by atoms with Crippen molar-refractivity contribution in [2.75, 3.05) is 11.0 Å². The van der Waals surface area contributed by atoms with Gasteiger partial charge in [-0.3, -0.25) is 4.79 Å². The number of hydrogen-bond acceptors (Lipinski definition) is 1. The number of alkyl halides is 1. The number of halogens is 1. The first-order valence-corrected chi connectivity index (χ1v) is 10.6. The number of likely N-dealkylation sites (tertiary alicyclic amines) is 1. The van der Waals surface area contributed by atoms with E-state index >= 15 is 0 Å². The van der Waals surface area contributed by atoms with Crippen LogP contribution >= 0.6 is 22.6 Å². The van der Waals surface area contributed by atoms with E-state index in [-0.39, 0.29) is 12.0 Å². The molecule has 1 amide bonds. The fourth-order valence-corrected chi connectivity index (χ4v) is 4.79. The van der Waals surface area contributed by atoms with E-state index in [1.807, 2.05) is 12.1 Å². The average Bonchev–Trinajstić information content (AvgIpc) is 2.93. The van der Waals surface area contributed by atoms with E-state index in [9.17, 15) is 4.79 Å². The fourth-order valence-electron chi connectivity index (χ4n) is 3.90. The second-order valence-electron chi connectivity index (χ2n) is 7.36. The van der Waals surface area contributed by atoms with E-state index in [2.05, 4.69) is 89.9 Å². The minimum Gasteiger partial charge on any atom is -0.331 e. The zero-order chi connectivity index (χ0) is 17.8. The summed E-state index contributed by atoms with van der Waals surface area (Å²) in [6.07, 6.45) is 0.985. The molecule has 2 atom stereocenters. The summed E-state index contributed by atoms with van der Waals surface area (Å²) < 4.78 is 1.04. The Morgan fingerprint density at radius 1 is 1.00 bits per heavy atom. The monoisotopic (exact) mass is 447 g/mol. The summed E-state index contributed by atoms with van der Waals surface area (Å²) in [6.45, 7) is 5.28. The minimum absolute atomic E-state index is 0.0116. The zero-order valence-electron chi connectivity index (χ0n) is 14.9. The molecule has 2 aromatic rings. The Balaban J connectivity index is 1.98. The van der Waals surface area contributed by atoms with Crippen molar-refractivity contribution in [3.8, 4) is 0 Å². The summed E-state index contributed by atoms with van der Waals surface area (Å²) >= 11 is 2.45. The van der Waals surface area contributed by atoms with Crippen molar-refractivity contribution in [1.82, 2.24) is 4.90 Å². The van der Waals surface area contributed by atoms with Crippen LogP contribution in [0.1, 0.15) is 37.4 Å². The molecule has 2 nitrogen and oxygen atoms in total. The minimum atomic E-state index is 0.0116. The molecule has 0 aromatic heterocycles. The van der Waals surface area contributed by atoms with Gasteiger partial charge in [-0.25, -0.2) is 0 Å². The number of benzene rings is 2. The third-order valence-corrected chi connectivity index (χ3v) is 6.20. The average molecular weight is 447 g/mol. The molecule has 0 radical (unpaired) electrons. The van der Waals surface area contributed by atoms with E-state index in [1.54, 1.807) is 0 Å². The molecule has 0 bridgehead atoms. The van der Waals surface area contributed by atoms with Crippen LogP contribution in [-0.4, -0.2) is 21.8 Å². The summed E-state index contributed by atoms with van der Waals surface area (Å²) in [5, 5.41) is 0. The second-order valence-corrected chi connectivity index (χ2v) is 8.25. The van der Waals surface area contributed by atoms with Crippen LogP contribution in [0.15, 0.2) is 60.7 Å². The normalized spacial score (nSPS) is 20.7. The van der Waals surface area contributed by atoms with E-state index in [0.29, 0.717) is 17.7 Å². The van der Waals surface area contributed by atoms with Crippen molar-refractivity contribution in [3.05, 3.63) is 71.8 Å². The molecule has 3 heteroatoms. The Morgan fingerprint density at radius 3 is 1.96 bits per heavy atom. The lowest BCUT2D eigenvalue weighted by atomic mass is 9.89. The lowest BCUT2D eigenvalue weighted by molar-refractivity contribution is -0.133. The lowest BCUT2D eigenvalue weighted by Gasteiger charge is -2.29. The van der Waals surface area contributed by atoms with Gasteiger partial charge in [0.05, 0.1) is 6.04 Å². The molecular formula is C22H26INO. The van der Waals surface area contributed by atoms with Crippen molar-refractivity contribution < 1.29 is 4.79 Å². The third-order valence-electron chi connectivity index (χ3n) is 5.07. The van der Waals surface area contributed by atoms with Gasteiger partial charge in [-0.15, -0.1) is 0 Å². The standard InChI is InChI=1S/C22H26INO/c1-16(2)13-20-19(14-23)15-24(22(20)25)21(17-9-5-3-6-10-17)18-11-7-4-8-12-18/h3-12,16,19-21H,13-15H2,1-2H3/t19-,20+/m0/s1. The number of rotatable bonds is 6. The van der Waals surface area contributed by atoms with Crippen LogP contribution in [0.2, 0.25) is 0 Å². The molecule has 1 aliphatic rings. The topological polar surface area (TPSA) is 20.3 Å². The molecule has 0 saturated carbocycles. The van der Waals surface area contributed by atoms with E-state index in [4.69, 9.17) is 0 Å². The van der Waals surface area contributed by atoms with Gasteiger partial charge < -0.3 is 4.90 Å².